The number of methoxy groups -OCH3 is 1. The lowest BCUT2D eigenvalue weighted by molar-refractivity contribution is -0.146. The predicted octanol–water partition coefficient (Wildman–Crippen LogP) is 1.56. The van der Waals surface area contributed by atoms with Crippen molar-refractivity contribution in [1.29, 1.82) is 0 Å². The second-order valence-corrected chi connectivity index (χ2v) is 4.77. The van der Waals surface area contributed by atoms with Gasteiger partial charge in [-0.2, -0.15) is 0 Å². The zero-order valence-electron chi connectivity index (χ0n) is 11.1. The average Bonchev–Trinajstić information content (AvgIpc) is 2.46. The highest BCUT2D eigenvalue weighted by Gasteiger charge is 2.30. The van der Waals surface area contributed by atoms with Crippen molar-refractivity contribution in [3.63, 3.8) is 0 Å². The zero-order valence-corrected chi connectivity index (χ0v) is 11.1. The maximum absolute atomic E-state index is 12.9. The van der Waals surface area contributed by atoms with E-state index in [1.54, 1.807) is 0 Å². The van der Waals surface area contributed by atoms with Gasteiger partial charge in [0.15, 0.2) is 0 Å². The minimum absolute atomic E-state index is 0.0388. The quantitative estimate of drug-likeness (QED) is 0.835. The summed E-state index contributed by atoms with van der Waals surface area (Å²) in [4.78, 5) is 25.3. The molecule has 1 N–H and O–H groups in total. The fraction of sp³-hybridized carbons (Fsp3) is 0.429. The van der Waals surface area contributed by atoms with Gasteiger partial charge in [-0.25, -0.2) is 4.39 Å². The van der Waals surface area contributed by atoms with Crippen LogP contribution < -0.4 is 0 Å². The first-order valence-electron chi connectivity index (χ1n) is 6.38. The lowest BCUT2D eigenvalue weighted by atomic mass is 9.97. The molecule has 0 saturated carbocycles. The molecular formula is C14H16FNO4. The third kappa shape index (κ3) is 2.89. The molecule has 1 fully saturated rings. The minimum Gasteiger partial charge on any atom is -0.507 e. The van der Waals surface area contributed by atoms with Crippen LogP contribution in [0, 0.1) is 11.7 Å². The van der Waals surface area contributed by atoms with Gasteiger partial charge >= 0.3 is 5.97 Å². The SMILES string of the molecule is COC(=O)[C@H]1CCCN(C(=O)c2ccc(F)cc2O)C1. The van der Waals surface area contributed by atoms with E-state index in [0.717, 1.165) is 12.1 Å². The monoisotopic (exact) mass is 281 g/mol. The van der Waals surface area contributed by atoms with E-state index in [1.807, 2.05) is 0 Å². The van der Waals surface area contributed by atoms with Crippen LogP contribution in [0.3, 0.4) is 0 Å². The number of hydrogen-bond donors (Lipinski definition) is 1. The summed E-state index contributed by atoms with van der Waals surface area (Å²) in [6.07, 6.45) is 1.36. The molecule has 0 spiro atoms. The highest BCUT2D eigenvalue weighted by Crippen LogP contribution is 2.24. The van der Waals surface area contributed by atoms with Gasteiger partial charge in [-0.15, -0.1) is 0 Å². The van der Waals surface area contributed by atoms with Crippen molar-refractivity contribution >= 4 is 11.9 Å². The first kappa shape index (κ1) is 14.3. The standard InChI is InChI=1S/C14H16FNO4/c1-20-14(19)9-3-2-6-16(8-9)13(18)11-5-4-10(15)7-12(11)17/h4-5,7,9,17H,2-3,6,8H2,1H3/t9-/m0/s1. The van der Waals surface area contributed by atoms with Crippen LogP contribution in [-0.4, -0.2) is 42.1 Å². The summed E-state index contributed by atoms with van der Waals surface area (Å²) in [5.74, 6) is -2.09. The van der Waals surface area contributed by atoms with Gasteiger partial charge < -0.3 is 14.7 Å². The van der Waals surface area contributed by atoms with Crippen molar-refractivity contribution in [3.8, 4) is 5.75 Å². The first-order chi connectivity index (χ1) is 9.52. The molecule has 1 amide bonds. The number of nitrogens with zero attached hydrogens (tertiary/aromatic N) is 1. The normalized spacial score (nSPS) is 18.7. The molecule has 0 bridgehead atoms. The van der Waals surface area contributed by atoms with E-state index in [4.69, 9.17) is 0 Å². The maximum atomic E-state index is 12.9. The molecule has 1 heterocycles. The number of ether oxygens (including phenoxy) is 1. The molecule has 0 radical (unpaired) electrons. The van der Waals surface area contributed by atoms with Gasteiger partial charge in [-0.1, -0.05) is 0 Å². The van der Waals surface area contributed by atoms with Crippen LogP contribution in [-0.2, 0) is 9.53 Å². The Morgan fingerprint density at radius 2 is 2.20 bits per heavy atom. The van der Waals surface area contributed by atoms with E-state index >= 15 is 0 Å². The lowest BCUT2D eigenvalue weighted by Crippen LogP contribution is -2.42. The Morgan fingerprint density at radius 3 is 2.85 bits per heavy atom. The molecule has 1 saturated heterocycles. The van der Waals surface area contributed by atoms with Crippen molar-refractivity contribution in [2.45, 2.75) is 12.8 Å². The van der Waals surface area contributed by atoms with E-state index in [1.165, 1.54) is 18.1 Å². The van der Waals surface area contributed by atoms with E-state index in [9.17, 15) is 19.1 Å². The summed E-state index contributed by atoms with van der Waals surface area (Å²) in [6, 6.07) is 3.26. The molecule has 0 aliphatic carbocycles. The van der Waals surface area contributed by atoms with Gasteiger partial charge in [-0.3, -0.25) is 9.59 Å². The molecule has 108 valence electrons. The van der Waals surface area contributed by atoms with Crippen molar-refractivity contribution < 1.29 is 23.8 Å². The number of esters is 1. The fourth-order valence-electron chi connectivity index (χ4n) is 2.38. The summed E-state index contributed by atoms with van der Waals surface area (Å²) >= 11 is 0. The summed E-state index contributed by atoms with van der Waals surface area (Å²) in [5.41, 5.74) is 0.0388. The first-order valence-corrected chi connectivity index (χ1v) is 6.38. The minimum atomic E-state index is -0.606. The number of phenols is 1. The second-order valence-electron chi connectivity index (χ2n) is 4.77. The van der Waals surface area contributed by atoms with Gasteiger partial charge in [0.1, 0.15) is 11.6 Å². The second kappa shape index (κ2) is 5.90. The van der Waals surface area contributed by atoms with Crippen LogP contribution in [0.15, 0.2) is 18.2 Å². The van der Waals surface area contributed by atoms with Crippen LogP contribution in [0.2, 0.25) is 0 Å². The van der Waals surface area contributed by atoms with Crippen molar-refractivity contribution in [3.05, 3.63) is 29.6 Å². The van der Waals surface area contributed by atoms with Gasteiger partial charge in [0.05, 0.1) is 18.6 Å². The maximum Gasteiger partial charge on any atom is 0.310 e. The largest absolute Gasteiger partial charge is 0.507 e. The van der Waals surface area contributed by atoms with Crippen LogP contribution >= 0.6 is 0 Å². The van der Waals surface area contributed by atoms with Crippen LogP contribution in [0.5, 0.6) is 5.75 Å². The van der Waals surface area contributed by atoms with Crippen molar-refractivity contribution in [1.82, 2.24) is 4.90 Å². The zero-order chi connectivity index (χ0) is 14.7. The Morgan fingerprint density at radius 1 is 1.45 bits per heavy atom. The number of piperidine rings is 1. The van der Waals surface area contributed by atoms with E-state index in [2.05, 4.69) is 4.74 Å². The number of hydrogen-bond acceptors (Lipinski definition) is 4. The van der Waals surface area contributed by atoms with E-state index in [0.29, 0.717) is 19.4 Å². The molecule has 20 heavy (non-hydrogen) atoms. The number of aromatic hydroxyl groups is 1. The number of rotatable bonds is 2. The van der Waals surface area contributed by atoms with Crippen LogP contribution in [0.25, 0.3) is 0 Å². The van der Waals surface area contributed by atoms with Crippen molar-refractivity contribution in [2.75, 3.05) is 20.2 Å². The lowest BCUT2D eigenvalue weighted by Gasteiger charge is -2.31. The number of likely N-dealkylation sites (tertiary alicyclic amines) is 1. The van der Waals surface area contributed by atoms with Gasteiger partial charge in [0.2, 0.25) is 0 Å². The smallest absolute Gasteiger partial charge is 0.310 e. The Bertz CT molecular complexity index is 532. The molecule has 2 rings (SSSR count). The number of halogens is 1. The number of benzene rings is 1. The number of amides is 1. The third-order valence-electron chi connectivity index (χ3n) is 3.43. The van der Waals surface area contributed by atoms with Gasteiger partial charge in [-0.05, 0) is 25.0 Å². The molecule has 1 aliphatic rings. The third-order valence-corrected chi connectivity index (χ3v) is 3.43. The Balaban J connectivity index is 2.14. The number of carbonyl (C=O) groups excluding carboxylic acids is 2. The molecule has 1 aromatic rings. The predicted molar refractivity (Wildman–Crippen MR) is 68.7 cm³/mol. The van der Waals surface area contributed by atoms with Crippen molar-refractivity contribution in [2.24, 2.45) is 5.92 Å². The Hall–Kier alpha value is -2.11. The highest BCUT2D eigenvalue weighted by atomic mass is 19.1. The summed E-state index contributed by atoms with van der Waals surface area (Å²) in [5, 5.41) is 9.63. The Labute approximate surface area is 116 Å². The molecule has 1 aromatic carbocycles. The molecule has 0 unspecified atom stereocenters. The number of phenolic OH excluding ortho intramolecular Hbond substituents is 1. The molecule has 5 nitrogen and oxygen atoms in total. The molecule has 0 aromatic heterocycles. The van der Waals surface area contributed by atoms with Crippen LogP contribution in [0.1, 0.15) is 23.2 Å². The average molecular weight is 281 g/mol. The molecular weight excluding hydrogens is 265 g/mol. The topological polar surface area (TPSA) is 66.8 Å². The van der Waals surface area contributed by atoms with E-state index in [-0.39, 0.29) is 24.0 Å². The summed E-state index contributed by atoms with van der Waals surface area (Å²) in [6.45, 7) is 0.755. The molecule has 6 heteroatoms. The number of carbonyl (C=O) groups is 2. The van der Waals surface area contributed by atoms with E-state index < -0.39 is 17.5 Å². The molecule has 1 atom stereocenters. The van der Waals surface area contributed by atoms with Gasteiger partial charge in [0, 0.05) is 19.2 Å². The highest BCUT2D eigenvalue weighted by molar-refractivity contribution is 5.97. The van der Waals surface area contributed by atoms with Crippen LogP contribution in [0.4, 0.5) is 4.39 Å². The fourth-order valence-corrected chi connectivity index (χ4v) is 2.38. The summed E-state index contributed by atoms with van der Waals surface area (Å²) < 4.78 is 17.6. The summed E-state index contributed by atoms with van der Waals surface area (Å²) in [7, 11) is 1.31. The van der Waals surface area contributed by atoms with Gasteiger partial charge in [0.25, 0.3) is 5.91 Å². The molecule has 1 aliphatic heterocycles. The Kier molecular flexibility index (Phi) is 4.22.